The van der Waals surface area contributed by atoms with Gasteiger partial charge in [0.1, 0.15) is 6.04 Å². The molecule has 0 saturated heterocycles. The molecule has 0 heterocycles. The van der Waals surface area contributed by atoms with Crippen molar-refractivity contribution in [3.8, 4) is 0 Å². The Kier molecular flexibility index (Phi) is 3.97. The van der Waals surface area contributed by atoms with E-state index in [2.05, 4.69) is 5.32 Å². The Hall–Kier alpha value is -2.44. The maximum absolute atomic E-state index is 11.7. The minimum atomic E-state index is -0.927. The van der Waals surface area contributed by atoms with Gasteiger partial charge in [0.05, 0.1) is 4.92 Å². The molecular weight excluding hydrogens is 262 g/mol. The zero-order valence-electron chi connectivity index (χ0n) is 10.7. The fourth-order valence-electron chi connectivity index (χ4n) is 1.94. The van der Waals surface area contributed by atoms with Gasteiger partial charge in [0.15, 0.2) is 0 Å². The number of nitro benzene ring substituents is 1. The molecule has 1 aromatic rings. The highest BCUT2D eigenvalue weighted by Crippen LogP contribution is 2.29. The summed E-state index contributed by atoms with van der Waals surface area (Å²) in [6.45, 7) is 0. The molecule has 1 fully saturated rings. The van der Waals surface area contributed by atoms with E-state index in [1.807, 2.05) is 0 Å². The zero-order valence-corrected chi connectivity index (χ0v) is 10.7. The standard InChI is InChI=1S/C13H15N3O4/c14-12(17)10(15-13(18)8-5-6-8)7-9-3-1-2-4-11(9)16(19)20/h1-4,8,10H,5-7H2,(H2,14,17)(H,15,18)/t10-/m1/s1. The molecule has 3 N–H and O–H groups in total. The van der Waals surface area contributed by atoms with Gasteiger partial charge in [-0.3, -0.25) is 19.7 Å². The molecule has 20 heavy (non-hydrogen) atoms. The number of hydrogen-bond donors (Lipinski definition) is 2. The number of amides is 2. The third-order valence-corrected chi connectivity index (χ3v) is 3.22. The molecule has 0 bridgehead atoms. The Morgan fingerprint density at radius 3 is 2.60 bits per heavy atom. The first-order valence-corrected chi connectivity index (χ1v) is 6.31. The fourth-order valence-corrected chi connectivity index (χ4v) is 1.94. The van der Waals surface area contributed by atoms with Crippen molar-refractivity contribution in [2.75, 3.05) is 0 Å². The molecule has 7 nitrogen and oxygen atoms in total. The van der Waals surface area contributed by atoms with Crippen molar-refractivity contribution in [3.63, 3.8) is 0 Å². The van der Waals surface area contributed by atoms with Crippen LogP contribution in [0.5, 0.6) is 0 Å². The smallest absolute Gasteiger partial charge is 0.272 e. The monoisotopic (exact) mass is 277 g/mol. The van der Waals surface area contributed by atoms with E-state index in [4.69, 9.17) is 5.73 Å². The molecule has 1 aromatic carbocycles. The van der Waals surface area contributed by atoms with Crippen molar-refractivity contribution in [3.05, 3.63) is 39.9 Å². The van der Waals surface area contributed by atoms with Gasteiger partial charge in [-0.05, 0) is 12.8 Å². The number of rotatable bonds is 6. The van der Waals surface area contributed by atoms with Gasteiger partial charge in [-0.2, -0.15) is 0 Å². The lowest BCUT2D eigenvalue weighted by Gasteiger charge is -2.15. The van der Waals surface area contributed by atoms with Gasteiger partial charge in [0.2, 0.25) is 11.8 Å². The van der Waals surface area contributed by atoms with Gasteiger partial charge in [-0.25, -0.2) is 0 Å². The quantitative estimate of drug-likeness (QED) is 0.582. The van der Waals surface area contributed by atoms with Crippen LogP contribution in [-0.2, 0) is 16.0 Å². The van der Waals surface area contributed by atoms with Gasteiger partial charge in [-0.15, -0.1) is 0 Å². The number of nitro groups is 1. The molecular formula is C13H15N3O4. The molecule has 1 saturated carbocycles. The van der Waals surface area contributed by atoms with Crippen LogP contribution in [0, 0.1) is 16.0 Å². The number of benzene rings is 1. The molecule has 7 heteroatoms. The maximum Gasteiger partial charge on any atom is 0.272 e. The minimum absolute atomic E-state index is 0.0188. The summed E-state index contributed by atoms with van der Waals surface area (Å²) in [7, 11) is 0. The molecule has 1 aliphatic carbocycles. The third kappa shape index (κ3) is 3.31. The van der Waals surface area contributed by atoms with Gasteiger partial charge < -0.3 is 11.1 Å². The third-order valence-electron chi connectivity index (χ3n) is 3.22. The Labute approximate surface area is 115 Å². The molecule has 0 aliphatic heterocycles. The Morgan fingerprint density at radius 2 is 2.05 bits per heavy atom. The normalized spacial score (nSPS) is 15.4. The van der Waals surface area contributed by atoms with Crippen LogP contribution in [0.3, 0.4) is 0 Å². The summed E-state index contributed by atoms with van der Waals surface area (Å²) in [4.78, 5) is 33.5. The Morgan fingerprint density at radius 1 is 1.40 bits per heavy atom. The fraction of sp³-hybridized carbons (Fsp3) is 0.385. The van der Waals surface area contributed by atoms with Crippen molar-refractivity contribution in [2.45, 2.75) is 25.3 Å². The number of nitrogens with two attached hydrogens (primary N) is 1. The SMILES string of the molecule is NC(=O)[C@@H](Cc1ccccc1[N+](=O)[O-])NC(=O)C1CC1. The minimum Gasteiger partial charge on any atom is -0.368 e. The van der Waals surface area contributed by atoms with Crippen molar-refractivity contribution in [2.24, 2.45) is 11.7 Å². The number of primary amides is 1. The second kappa shape index (κ2) is 5.68. The summed E-state index contributed by atoms with van der Waals surface area (Å²) in [5, 5.41) is 13.5. The summed E-state index contributed by atoms with van der Waals surface area (Å²) < 4.78 is 0. The van der Waals surface area contributed by atoms with E-state index >= 15 is 0 Å². The summed E-state index contributed by atoms with van der Waals surface area (Å²) in [6.07, 6.45) is 1.64. The lowest BCUT2D eigenvalue weighted by Crippen LogP contribution is -2.46. The van der Waals surface area contributed by atoms with Crippen molar-refractivity contribution in [1.82, 2.24) is 5.32 Å². The lowest BCUT2D eigenvalue weighted by molar-refractivity contribution is -0.385. The summed E-state index contributed by atoms with van der Waals surface area (Å²) in [6, 6.07) is 5.17. The predicted molar refractivity (Wildman–Crippen MR) is 70.6 cm³/mol. The van der Waals surface area contributed by atoms with Gasteiger partial charge in [0.25, 0.3) is 5.69 Å². The molecule has 106 valence electrons. The highest BCUT2D eigenvalue weighted by atomic mass is 16.6. The summed E-state index contributed by atoms with van der Waals surface area (Å²) >= 11 is 0. The summed E-state index contributed by atoms with van der Waals surface area (Å²) in [5.74, 6) is -0.966. The molecule has 2 amide bonds. The van der Waals surface area contributed by atoms with E-state index < -0.39 is 16.9 Å². The first kappa shape index (κ1) is 14.0. The molecule has 1 atom stereocenters. The molecule has 0 spiro atoms. The average molecular weight is 277 g/mol. The molecule has 2 rings (SSSR count). The Bertz CT molecular complexity index is 554. The van der Waals surface area contributed by atoms with Crippen molar-refractivity contribution in [1.29, 1.82) is 0 Å². The molecule has 0 unspecified atom stereocenters. The van der Waals surface area contributed by atoms with Crippen LogP contribution >= 0.6 is 0 Å². The predicted octanol–water partition coefficient (Wildman–Crippen LogP) is 0.517. The van der Waals surface area contributed by atoms with Crippen LogP contribution < -0.4 is 11.1 Å². The maximum atomic E-state index is 11.7. The van der Waals surface area contributed by atoms with E-state index in [0.29, 0.717) is 5.56 Å². The van der Waals surface area contributed by atoms with E-state index in [1.165, 1.54) is 6.07 Å². The average Bonchev–Trinajstić information content (AvgIpc) is 3.22. The zero-order chi connectivity index (χ0) is 14.7. The largest absolute Gasteiger partial charge is 0.368 e. The number of carbonyl (C=O) groups excluding carboxylic acids is 2. The summed E-state index contributed by atoms with van der Waals surface area (Å²) in [5.41, 5.74) is 5.54. The highest BCUT2D eigenvalue weighted by Gasteiger charge is 2.32. The van der Waals surface area contributed by atoms with Crippen LogP contribution in [0.25, 0.3) is 0 Å². The lowest BCUT2D eigenvalue weighted by atomic mass is 10.0. The van der Waals surface area contributed by atoms with Crippen LogP contribution in [0.4, 0.5) is 5.69 Å². The number of hydrogen-bond acceptors (Lipinski definition) is 4. The number of para-hydroxylation sites is 1. The van der Waals surface area contributed by atoms with E-state index in [0.717, 1.165) is 12.8 Å². The van der Waals surface area contributed by atoms with Gasteiger partial charge in [0, 0.05) is 24.0 Å². The number of carbonyl (C=O) groups is 2. The van der Waals surface area contributed by atoms with E-state index in [9.17, 15) is 19.7 Å². The van der Waals surface area contributed by atoms with Gasteiger partial charge in [-0.1, -0.05) is 18.2 Å². The topological polar surface area (TPSA) is 115 Å². The van der Waals surface area contributed by atoms with Gasteiger partial charge >= 0.3 is 0 Å². The van der Waals surface area contributed by atoms with Crippen LogP contribution in [-0.4, -0.2) is 22.8 Å². The molecule has 0 aromatic heterocycles. The first-order chi connectivity index (χ1) is 9.49. The van der Waals surface area contributed by atoms with Crippen LogP contribution in [0.1, 0.15) is 18.4 Å². The molecule has 0 radical (unpaired) electrons. The van der Waals surface area contributed by atoms with Crippen molar-refractivity contribution >= 4 is 17.5 Å². The second-order valence-corrected chi connectivity index (χ2v) is 4.83. The van der Waals surface area contributed by atoms with Crippen LogP contribution in [0.15, 0.2) is 24.3 Å². The number of nitrogens with zero attached hydrogens (tertiary/aromatic N) is 1. The van der Waals surface area contributed by atoms with Crippen molar-refractivity contribution < 1.29 is 14.5 Å². The van der Waals surface area contributed by atoms with E-state index in [-0.39, 0.29) is 23.9 Å². The van der Waals surface area contributed by atoms with E-state index in [1.54, 1.807) is 18.2 Å². The highest BCUT2D eigenvalue weighted by molar-refractivity contribution is 5.88. The second-order valence-electron chi connectivity index (χ2n) is 4.83. The van der Waals surface area contributed by atoms with Crippen LogP contribution in [0.2, 0.25) is 0 Å². The molecule has 1 aliphatic rings. The Balaban J connectivity index is 2.13. The first-order valence-electron chi connectivity index (χ1n) is 6.31. The number of nitrogens with one attached hydrogen (secondary N) is 1.